The maximum Gasteiger partial charge on any atom is 0.305 e. The first-order chi connectivity index (χ1) is 15.2. The van der Waals surface area contributed by atoms with Gasteiger partial charge >= 0.3 is 5.97 Å². The monoisotopic (exact) mass is 438 g/mol. The van der Waals surface area contributed by atoms with Crippen LogP contribution in [0.25, 0.3) is 0 Å². The second kappa shape index (κ2) is 19.6. The maximum absolute atomic E-state index is 12.6. The van der Waals surface area contributed by atoms with Crippen molar-refractivity contribution in [3.8, 4) is 0 Å². The minimum Gasteiger partial charge on any atom is -0.466 e. The standard InChI is InChI=1S/C26H50N2O3/c1-3-5-7-8-9-10-13-19-27(20-16-24-31-26(30)17-12-6-4-2)23-18-25(29)28-21-14-11-15-22-28/h3-24H2,1-2H3. The van der Waals surface area contributed by atoms with E-state index in [9.17, 15) is 9.59 Å². The molecule has 0 atom stereocenters. The maximum atomic E-state index is 12.6. The molecule has 1 heterocycles. The number of ether oxygens (including phenoxy) is 1. The second-order valence-corrected chi connectivity index (χ2v) is 9.19. The lowest BCUT2D eigenvalue weighted by Crippen LogP contribution is -2.38. The molecule has 0 spiro atoms. The Bertz CT molecular complexity index is 450. The van der Waals surface area contributed by atoms with E-state index in [1.54, 1.807) is 0 Å². The van der Waals surface area contributed by atoms with Crippen molar-refractivity contribution >= 4 is 11.9 Å². The molecule has 0 aliphatic carbocycles. The number of piperidine rings is 1. The summed E-state index contributed by atoms with van der Waals surface area (Å²) in [6.07, 6.45) is 17.8. The van der Waals surface area contributed by atoms with Crippen molar-refractivity contribution in [2.75, 3.05) is 39.3 Å². The van der Waals surface area contributed by atoms with Crippen LogP contribution in [-0.2, 0) is 14.3 Å². The van der Waals surface area contributed by atoms with Crippen molar-refractivity contribution in [3.05, 3.63) is 0 Å². The number of carbonyl (C=O) groups excluding carboxylic acids is 2. The van der Waals surface area contributed by atoms with Crippen LogP contribution in [0.4, 0.5) is 0 Å². The largest absolute Gasteiger partial charge is 0.466 e. The molecule has 0 saturated carbocycles. The number of hydrogen-bond donors (Lipinski definition) is 0. The Balaban J connectivity index is 2.28. The number of nitrogens with zero attached hydrogens (tertiary/aromatic N) is 2. The van der Waals surface area contributed by atoms with Crippen LogP contribution in [0.2, 0.25) is 0 Å². The summed E-state index contributed by atoms with van der Waals surface area (Å²) < 4.78 is 5.40. The summed E-state index contributed by atoms with van der Waals surface area (Å²) in [5.41, 5.74) is 0. The molecule has 0 aromatic heterocycles. The van der Waals surface area contributed by atoms with Gasteiger partial charge in [0.2, 0.25) is 5.91 Å². The van der Waals surface area contributed by atoms with Crippen LogP contribution >= 0.6 is 0 Å². The molecule has 1 aliphatic rings. The van der Waals surface area contributed by atoms with Crippen LogP contribution in [-0.4, -0.2) is 61.0 Å². The fourth-order valence-electron chi connectivity index (χ4n) is 4.25. The molecule has 1 rings (SSSR count). The number of amides is 1. The molecule has 1 aliphatic heterocycles. The average molecular weight is 439 g/mol. The molecule has 1 saturated heterocycles. The number of unbranched alkanes of at least 4 members (excludes halogenated alkanes) is 8. The molecule has 0 aromatic carbocycles. The van der Waals surface area contributed by atoms with Crippen molar-refractivity contribution in [1.82, 2.24) is 9.80 Å². The summed E-state index contributed by atoms with van der Waals surface area (Å²) in [4.78, 5) is 28.8. The van der Waals surface area contributed by atoms with Gasteiger partial charge in [-0.05, 0) is 45.1 Å². The third-order valence-corrected chi connectivity index (χ3v) is 6.29. The van der Waals surface area contributed by atoms with Gasteiger partial charge in [0.05, 0.1) is 6.61 Å². The van der Waals surface area contributed by atoms with Crippen molar-refractivity contribution in [2.24, 2.45) is 0 Å². The molecule has 1 amide bonds. The highest BCUT2D eigenvalue weighted by Crippen LogP contribution is 2.12. The van der Waals surface area contributed by atoms with Gasteiger partial charge in [0, 0.05) is 39.0 Å². The molecular formula is C26H50N2O3. The molecule has 0 bridgehead atoms. The van der Waals surface area contributed by atoms with E-state index >= 15 is 0 Å². The van der Waals surface area contributed by atoms with Gasteiger partial charge in [0.25, 0.3) is 0 Å². The average Bonchev–Trinajstić information content (AvgIpc) is 2.79. The van der Waals surface area contributed by atoms with E-state index in [0.717, 1.165) is 71.2 Å². The van der Waals surface area contributed by atoms with Gasteiger partial charge < -0.3 is 14.5 Å². The molecule has 5 nitrogen and oxygen atoms in total. The minimum atomic E-state index is -0.0626. The molecule has 5 heteroatoms. The van der Waals surface area contributed by atoms with E-state index in [4.69, 9.17) is 4.74 Å². The van der Waals surface area contributed by atoms with E-state index in [-0.39, 0.29) is 5.97 Å². The van der Waals surface area contributed by atoms with Crippen LogP contribution < -0.4 is 0 Å². The number of hydrogen-bond acceptors (Lipinski definition) is 4. The van der Waals surface area contributed by atoms with Gasteiger partial charge in [-0.1, -0.05) is 65.2 Å². The minimum absolute atomic E-state index is 0.0626. The Morgan fingerprint density at radius 1 is 0.710 bits per heavy atom. The number of likely N-dealkylation sites (tertiary alicyclic amines) is 1. The predicted molar refractivity (Wildman–Crippen MR) is 129 cm³/mol. The van der Waals surface area contributed by atoms with Crippen LogP contribution in [0.3, 0.4) is 0 Å². The van der Waals surface area contributed by atoms with Crippen LogP contribution in [0.1, 0.15) is 117 Å². The zero-order valence-electron chi connectivity index (χ0n) is 20.7. The quantitative estimate of drug-likeness (QED) is 0.184. The summed E-state index contributed by atoms with van der Waals surface area (Å²) in [6, 6.07) is 0. The van der Waals surface area contributed by atoms with Crippen LogP contribution in [0.5, 0.6) is 0 Å². The second-order valence-electron chi connectivity index (χ2n) is 9.19. The van der Waals surface area contributed by atoms with Crippen molar-refractivity contribution in [1.29, 1.82) is 0 Å². The van der Waals surface area contributed by atoms with Gasteiger partial charge in [-0.25, -0.2) is 0 Å². The van der Waals surface area contributed by atoms with Crippen molar-refractivity contribution in [2.45, 2.75) is 117 Å². The summed E-state index contributed by atoms with van der Waals surface area (Å²) in [6.45, 7) is 9.55. The first-order valence-electron chi connectivity index (χ1n) is 13.3. The Hall–Kier alpha value is -1.10. The lowest BCUT2D eigenvalue weighted by Gasteiger charge is -2.28. The number of carbonyl (C=O) groups is 2. The topological polar surface area (TPSA) is 49.9 Å². The fourth-order valence-corrected chi connectivity index (χ4v) is 4.25. The summed E-state index contributed by atoms with van der Waals surface area (Å²) in [5, 5.41) is 0. The van der Waals surface area contributed by atoms with Gasteiger partial charge in [0.15, 0.2) is 0 Å². The fraction of sp³-hybridized carbons (Fsp3) is 0.923. The SMILES string of the molecule is CCCCCCCCCN(CCCOC(=O)CCCCC)CCC(=O)N1CCCCC1. The third-order valence-electron chi connectivity index (χ3n) is 6.29. The first kappa shape index (κ1) is 27.9. The Morgan fingerprint density at radius 3 is 2.03 bits per heavy atom. The van der Waals surface area contributed by atoms with E-state index in [1.165, 1.54) is 51.4 Å². The smallest absolute Gasteiger partial charge is 0.305 e. The third kappa shape index (κ3) is 15.4. The van der Waals surface area contributed by atoms with E-state index in [1.807, 2.05) is 4.90 Å². The molecule has 0 unspecified atom stereocenters. The van der Waals surface area contributed by atoms with Crippen molar-refractivity contribution < 1.29 is 14.3 Å². The number of esters is 1. The van der Waals surface area contributed by atoms with Gasteiger partial charge in [-0.15, -0.1) is 0 Å². The van der Waals surface area contributed by atoms with Crippen LogP contribution in [0.15, 0.2) is 0 Å². The summed E-state index contributed by atoms with van der Waals surface area (Å²) in [7, 11) is 0. The zero-order valence-corrected chi connectivity index (χ0v) is 20.7. The summed E-state index contributed by atoms with van der Waals surface area (Å²) in [5.74, 6) is 0.249. The Morgan fingerprint density at radius 2 is 1.32 bits per heavy atom. The molecule has 0 N–H and O–H groups in total. The Labute approximate surface area is 192 Å². The highest BCUT2D eigenvalue weighted by Gasteiger charge is 2.17. The molecule has 31 heavy (non-hydrogen) atoms. The summed E-state index contributed by atoms with van der Waals surface area (Å²) >= 11 is 0. The zero-order chi connectivity index (χ0) is 22.6. The molecule has 182 valence electrons. The van der Waals surface area contributed by atoms with Gasteiger partial charge in [-0.3, -0.25) is 9.59 Å². The first-order valence-corrected chi connectivity index (χ1v) is 13.3. The molecular weight excluding hydrogens is 388 g/mol. The normalized spacial score (nSPS) is 14.2. The lowest BCUT2D eigenvalue weighted by molar-refractivity contribution is -0.144. The van der Waals surface area contributed by atoms with Crippen molar-refractivity contribution in [3.63, 3.8) is 0 Å². The highest BCUT2D eigenvalue weighted by molar-refractivity contribution is 5.76. The molecule has 0 radical (unpaired) electrons. The number of rotatable bonds is 19. The van der Waals surface area contributed by atoms with Gasteiger partial charge in [0.1, 0.15) is 0 Å². The Kier molecular flexibility index (Phi) is 17.6. The van der Waals surface area contributed by atoms with E-state index < -0.39 is 0 Å². The van der Waals surface area contributed by atoms with Crippen LogP contribution in [0, 0.1) is 0 Å². The molecule has 1 fully saturated rings. The predicted octanol–water partition coefficient (Wildman–Crippen LogP) is 5.96. The highest BCUT2D eigenvalue weighted by atomic mass is 16.5. The lowest BCUT2D eigenvalue weighted by atomic mass is 10.1. The van der Waals surface area contributed by atoms with E-state index in [2.05, 4.69) is 18.7 Å². The van der Waals surface area contributed by atoms with Gasteiger partial charge in [-0.2, -0.15) is 0 Å². The van der Waals surface area contributed by atoms with E-state index in [0.29, 0.717) is 25.4 Å². The molecule has 0 aromatic rings.